The van der Waals surface area contributed by atoms with Crippen LogP contribution in [0, 0.1) is 5.92 Å². The molecule has 2 aromatic heterocycles. The molecule has 0 amide bonds. The zero-order valence-electron chi connectivity index (χ0n) is 20.4. The Balaban J connectivity index is 1.38. The highest BCUT2D eigenvalue weighted by Gasteiger charge is 2.32. The van der Waals surface area contributed by atoms with Crippen molar-refractivity contribution in [3.05, 3.63) is 63.5 Å². The molecule has 2 atom stereocenters. The lowest BCUT2D eigenvalue weighted by molar-refractivity contribution is -0.00473. The summed E-state index contributed by atoms with van der Waals surface area (Å²) in [5, 5.41) is 2.72. The zero-order chi connectivity index (χ0) is 23.5. The van der Waals surface area contributed by atoms with E-state index in [1.54, 1.807) is 11.3 Å². The summed E-state index contributed by atoms with van der Waals surface area (Å²) in [6, 6.07) is 12.9. The minimum Gasteiger partial charge on any atom is -0.379 e. The van der Waals surface area contributed by atoms with Crippen LogP contribution in [0.5, 0.6) is 0 Å². The third-order valence-electron chi connectivity index (χ3n) is 7.80. The van der Waals surface area contributed by atoms with Gasteiger partial charge in [-0.15, -0.1) is 11.3 Å². The van der Waals surface area contributed by atoms with Crippen LogP contribution < -0.4 is 5.56 Å². The summed E-state index contributed by atoms with van der Waals surface area (Å²) in [6.07, 6.45) is 3.33. The molecule has 0 saturated carbocycles. The van der Waals surface area contributed by atoms with Crippen molar-refractivity contribution in [2.75, 3.05) is 39.4 Å². The van der Waals surface area contributed by atoms with Crippen molar-refractivity contribution < 1.29 is 4.74 Å². The standard InChI is InChI=1S/C27H36N4O2S/c1-3-24(30-12-9-22(10-13-30)20(2)29-14-16-33-17-15-29)25-28-26-23(11-18-34-26)27(32)31(25)19-21-7-5-4-6-8-21/h4-8,11,18,20,22,24H,3,9-10,12-17,19H2,1-2H3. The number of hydrogen-bond acceptors (Lipinski definition) is 6. The van der Waals surface area contributed by atoms with Crippen molar-refractivity contribution >= 4 is 21.6 Å². The monoisotopic (exact) mass is 480 g/mol. The fraction of sp³-hybridized carbons (Fsp3) is 0.556. The van der Waals surface area contributed by atoms with Gasteiger partial charge in [0.2, 0.25) is 0 Å². The van der Waals surface area contributed by atoms with Gasteiger partial charge in [0.15, 0.2) is 0 Å². The van der Waals surface area contributed by atoms with Gasteiger partial charge in [-0.3, -0.25) is 19.2 Å². The van der Waals surface area contributed by atoms with Crippen LogP contribution in [0.3, 0.4) is 0 Å². The molecule has 2 unspecified atom stereocenters. The molecule has 0 N–H and O–H groups in total. The Morgan fingerprint density at radius 1 is 1.06 bits per heavy atom. The lowest BCUT2D eigenvalue weighted by atomic mass is 9.88. The second-order valence-electron chi connectivity index (χ2n) is 9.67. The average molecular weight is 481 g/mol. The van der Waals surface area contributed by atoms with Crippen LogP contribution in [-0.4, -0.2) is 64.8 Å². The minimum absolute atomic E-state index is 0.0828. The Morgan fingerprint density at radius 3 is 2.50 bits per heavy atom. The molecule has 7 heteroatoms. The highest BCUT2D eigenvalue weighted by molar-refractivity contribution is 7.16. The molecule has 3 aromatic rings. The predicted molar refractivity (Wildman–Crippen MR) is 139 cm³/mol. The fourth-order valence-corrected chi connectivity index (χ4v) is 6.50. The van der Waals surface area contributed by atoms with E-state index in [1.807, 2.05) is 34.2 Å². The second kappa shape index (κ2) is 10.7. The lowest BCUT2D eigenvalue weighted by Crippen LogP contribution is -2.49. The van der Waals surface area contributed by atoms with E-state index in [0.29, 0.717) is 18.5 Å². The second-order valence-corrected chi connectivity index (χ2v) is 10.6. The Morgan fingerprint density at radius 2 is 1.79 bits per heavy atom. The number of benzene rings is 1. The van der Waals surface area contributed by atoms with E-state index in [9.17, 15) is 4.79 Å². The van der Waals surface area contributed by atoms with Gasteiger partial charge in [-0.1, -0.05) is 37.3 Å². The number of hydrogen-bond donors (Lipinski definition) is 0. The fourth-order valence-electron chi connectivity index (χ4n) is 5.74. The third-order valence-corrected chi connectivity index (χ3v) is 8.61. The van der Waals surface area contributed by atoms with Gasteiger partial charge in [0, 0.05) is 19.1 Å². The van der Waals surface area contributed by atoms with Crippen molar-refractivity contribution in [1.82, 2.24) is 19.4 Å². The highest BCUT2D eigenvalue weighted by atomic mass is 32.1. The number of aromatic nitrogens is 2. The molecule has 2 aliphatic rings. The SMILES string of the molecule is CCC(c1nc2sccc2c(=O)n1Cc1ccccc1)N1CCC(C(C)N2CCOCC2)CC1. The summed E-state index contributed by atoms with van der Waals surface area (Å²) < 4.78 is 7.49. The van der Waals surface area contributed by atoms with E-state index in [0.717, 1.165) is 67.4 Å². The molecular formula is C27H36N4O2S. The summed E-state index contributed by atoms with van der Waals surface area (Å²) in [6.45, 7) is 11.1. The van der Waals surface area contributed by atoms with Crippen LogP contribution in [0.4, 0.5) is 0 Å². The van der Waals surface area contributed by atoms with Gasteiger partial charge >= 0.3 is 0 Å². The Labute approximate surface area is 206 Å². The van der Waals surface area contributed by atoms with E-state index in [1.165, 1.54) is 12.8 Å². The van der Waals surface area contributed by atoms with E-state index < -0.39 is 0 Å². The first-order valence-corrected chi connectivity index (χ1v) is 13.6. The first-order chi connectivity index (χ1) is 16.7. The van der Waals surface area contributed by atoms with Gasteiger partial charge in [-0.2, -0.15) is 0 Å². The number of nitrogens with zero attached hydrogens (tertiary/aromatic N) is 4. The van der Waals surface area contributed by atoms with Crippen LogP contribution in [0.2, 0.25) is 0 Å². The van der Waals surface area contributed by atoms with Gasteiger partial charge in [-0.05, 0) is 62.2 Å². The minimum atomic E-state index is 0.0828. The largest absolute Gasteiger partial charge is 0.379 e. The van der Waals surface area contributed by atoms with E-state index >= 15 is 0 Å². The molecule has 0 aliphatic carbocycles. The quantitative estimate of drug-likeness (QED) is 0.502. The lowest BCUT2D eigenvalue weighted by Gasteiger charge is -2.43. The molecule has 1 aromatic carbocycles. The maximum atomic E-state index is 13.5. The van der Waals surface area contributed by atoms with Crippen molar-refractivity contribution in [3.8, 4) is 0 Å². The maximum absolute atomic E-state index is 13.5. The summed E-state index contributed by atoms with van der Waals surface area (Å²) in [5.74, 6) is 1.64. The Bertz CT molecular complexity index is 1130. The number of morpholine rings is 1. The van der Waals surface area contributed by atoms with Crippen molar-refractivity contribution in [2.24, 2.45) is 5.92 Å². The van der Waals surface area contributed by atoms with Crippen molar-refractivity contribution in [1.29, 1.82) is 0 Å². The van der Waals surface area contributed by atoms with Crippen molar-refractivity contribution in [2.45, 2.75) is 51.7 Å². The third kappa shape index (κ3) is 4.85. The molecule has 0 radical (unpaired) electrons. The van der Waals surface area contributed by atoms with E-state index in [2.05, 4.69) is 35.8 Å². The molecule has 0 spiro atoms. The molecule has 34 heavy (non-hydrogen) atoms. The normalized spacial score (nSPS) is 20.5. The zero-order valence-corrected chi connectivity index (χ0v) is 21.2. The van der Waals surface area contributed by atoms with Crippen LogP contribution in [0.15, 0.2) is 46.6 Å². The Hall–Kier alpha value is -2.06. The van der Waals surface area contributed by atoms with Gasteiger partial charge in [0.25, 0.3) is 5.56 Å². The molecule has 2 saturated heterocycles. The molecule has 5 rings (SSSR count). The van der Waals surface area contributed by atoms with E-state index in [-0.39, 0.29) is 11.6 Å². The topological polar surface area (TPSA) is 50.6 Å². The predicted octanol–water partition coefficient (Wildman–Crippen LogP) is 4.39. The maximum Gasteiger partial charge on any atom is 0.262 e. The van der Waals surface area contributed by atoms with Gasteiger partial charge in [0.05, 0.1) is 31.2 Å². The molecule has 182 valence electrons. The highest BCUT2D eigenvalue weighted by Crippen LogP contribution is 2.32. The number of ether oxygens (including phenoxy) is 1. The summed E-state index contributed by atoms with van der Waals surface area (Å²) in [7, 11) is 0. The number of rotatable bonds is 7. The molecule has 2 aliphatic heterocycles. The molecule has 6 nitrogen and oxygen atoms in total. The number of likely N-dealkylation sites (tertiary alicyclic amines) is 1. The Kier molecular flexibility index (Phi) is 7.44. The summed E-state index contributed by atoms with van der Waals surface area (Å²) in [5.41, 5.74) is 1.22. The molecule has 4 heterocycles. The molecule has 2 fully saturated rings. The number of piperidine rings is 1. The first-order valence-electron chi connectivity index (χ1n) is 12.7. The van der Waals surface area contributed by atoms with Crippen LogP contribution in [-0.2, 0) is 11.3 Å². The summed E-state index contributed by atoms with van der Waals surface area (Å²) in [4.78, 5) is 24.7. The van der Waals surface area contributed by atoms with Crippen LogP contribution in [0.25, 0.3) is 10.2 Å². The first kappa shape index (κ1) is 23.7. The van der Waals surface area contributed by atoms with E-state index in [4.69, 9.17) is 9.72 Å². The van der Waals surface area contributed by atoms with Gasteiger partial charge in [0.1, 0.15) is 10.7 Å². The number of thiophene rings is 1. The average Bonchev–Trinajstić information content (AvgIpc) is 3.37. The molecule has 0 bridgehead atoms. The number of fused-ring (bicyclic) bond motifs is 1. The van der Waals surface area contributed by atoms with Gasteiger partial charge in [-0.25, -0.2) is 4.98 Å². The van der Waals surface area contributed by atoms with Crippen LogP contribution in [0.1, 0.15) is 50.5 Å². The summed E-state index contributed by atoms with van der Waals surface area (Å²) >= 11 is 1.57. The smallest absolute Gasteiger partial charge is 0.262 e. The molecular weight excluding hydrogens is 444 g/mol. The van der Waals surface area contributed by atoms with Gasteiger partial charge < -0.3 is 4.74 Å². The van der Waals surface area contributed by atoms with Crippen LogP contribution >= 0.6 is 11.3 Å². The van der Waals surface area contributed by atoms with Crippen molar-refractivity contribution in [3.63, 3.8) is 0 Å².